The number of ether oxygens (including phenoxy) is 1. The first-order valence-electron chi connectivity index (χ1n) is 7.85. The summed E-state index contributed by atoms with van der Waals surface area (Å²) in [5.74, 6) is 0.685. The van der Waals surface area contributed by atoms with Gasteiger partial charge >= 0.3 is 0 Å². The summed E-state index contributed by atoms with van der Waals surface area (Å²) in [4.78, 5) is 24.6. The number of hydrogen-bond acceptors (Lipinski definition) is 6. The van der Waals surface area contributed by atoms with Gasteiger partial charge in [-0.05, 0) is 25.0 Å². The molecular formula is C16H18N4O5. The molecule has 0 spiro atoms. The Morgan fingerprint density at radius 2 is 2.24 bits per heavy atom. The SMILES string of the molecule is Cn1ccc(N2CCCC(Oc3ccc([N+](=O)[O-])c(CO)c3)C2=O)n1. The van der Waals surface area contributed by atoms with Gasteiger partial charge in [0.25, 0.3) is 11.6 Å². The van der Waals surface area contributed by atoms with Crippen molar-refractivity contribution in [3.05, 3.63) is 46.1 Å². The molecule has 3 rings (SSSR count). The van der Waals surface area contributed by atoms with Crippen LogP contribution in [0.3, 0.4) is 0 Å². The van der Waals surface area contributed by atoms with E-state index < -0.39 is 17.6 Å². The minimum atomic E-state index is -0.691. The van der Waals surface area contributed by atoms with Crippen LogP contribution in [-0.4, -0.2) is 38.4 Å². The molecule has 1 aromatic heterocycles. The van der Waals surface area contributed by atoms with Crippen molar-refractivity contribution in [1.29, 1.82) is 0 Å². The van der Waals surface area contributed by atoms with Gasteiger partial charge in [0.15, 0.2) is 11.9 Å². The average molecular weight is 346 g/mol. The third kappa shape index (κ3) is 3.45. The lowest BCUT2D eigenvalue weighted by Gasteiger charge is -2.30. The normalized spacial score (nSPS) is 17.6. The van der Waals surface area contributed by atoms with Crippen LogP contribution in [0, 0.1) is 10.1 Å². The molecule has 1 atom stereocenters. The summed E-state index contributed by atoms with van der Waals surface area (Å²) in [6, 6.07) is 5.86. The minimum absolute atomic E-state index is 0.146. The number of nitro benzene ring substituents is 1. The molecule has 9 heteroatoms. The largest absolute Gasteiger partial charge is 0.481 e. The maximum Gasteiger partial charge on any atom is 0.275 e. The van der Waals surface area contributed by atoms with Crippen molar-refractivity contribution in [1.82, 2.24) is 9.78 Å². The zero-order valence-corrected chi connectivity index (χ0v) is 13.7. The number of hydrogen-bond donors (Lipinski definition) is 1. The molecule has 1 N–H and O–H groups in total. The Kier molecular flexibility index (Phi) is 4.66. The molecule has 132 valence electrons. The predicted octanol–water partition coefficient (Wildman–Crippen LogP) is 1.39. The van der Waals surface area contributed by atoms with Gasteiger partial charge in [-0.3, -0.25) is 24.5 Å². The fourth-order valence-corrected chi connectivity index (χ4v) is 2.83. The molecule has 1 aromatic carbocycles. The van der Waals surface area contributed by atoms with Gasteiger partial charge in [0.05, 0.1) is 17.1 Å². The Balaban J connectivity index is 1.78. The smallest absolute Gasteiger partial charge is 0.275 e. The Hall–Kier alpha value is -2.94. The molecule has 25 heavy (non-hydrogen) atoms. The van der Waals surface area contributed by atoms with Crippen LogP contribution in [0.5, 0.6) is 5.75 Å². The molecule has 1 unspecified atom stereocenters. The van der Waals surface area contributed by atoms with Gasteiger partial charge in [-0.2, -0.15) is 5.10 Å². The summed E-state index contributed by atoms with van der Waals surface area (Å²) in [6.07, 6.45) is 2.38. The van der Waals surface area contributed by atoms with Crippen molar-refractivity contribution in [2.24, 2.45) is 7.05 Å². The van der Waals surface area contributed by atoms with Gasteiger partial charge in [0.1, 0.15) is 5.75 Å². The lowest BCUT2D eigenvalue weighted by Crippen LogP contribution is -2.47. The van der Waals surface area contributed by atoms with E-state index >= 15 is 0 Å². The van der Waals surface area contributed by atoms with Crippen molar-refractivity contribution >= 4 is 17.4 Å². The second kappa shape index (κ2) is 6.89. The number of carbonyl (C=O) groups excluding carboxylic acids is 1. The summed E-state index contributed by atoms with van der Waals surface area (Å²) in [6.45, 7) is 0.0873. The number of aliphatic hydroxyl groups excluding tert-OH is 1. The fraction of sp³-hybridized carbons (Fsp3) is 0.375. The van der Waals surface area contributed by atoms with Crippen molar-refractivity contribution in [2.75, 3.05) is 11.4 Å². The van der Waals surface area contributed by atoms with E-state index in [9.17, 15) is 20.0 Å². The number of amides is 1. The summed E-state index contributed by atoms with van der Waals surface area (Å²) < 4.78 is 7.37. The number of piperidine rings is 1. The van der Waals surface area contributed by atoms with E-state index in [2.05, 4.69) is 5.10 Å². The average Bonchev–Trinajstić information content (AvgIpc) is 3.02. The van der Waals surface area contributed by atoms with Gasteiger partial charge in [-0.1, -0.05) is 0 Å². The summed E-state index contributed by atoms with van der Waals surface area (Å²) in [5.41, 5.74) is -0.0349. The number of nitrogens with zero attached hydrogens (tertiary/aromatic N) is 4. The second-order valence-corrected chi connectivity index (χ2v) is 5.79. The quantitative estimate of drug-likeness (QED) is 0.647. The van der Waals surface area contributed by atoms with Crippen LogP contribution in [0.2, 0.25) is 0 Å². The van der Waals surface area contributed by atoms with E-state index in [4.69, 9.17) is 4.74 Å². The maximum atomic E-state index is 12.7. The van der Waals surface area contributed by atoms with Gasteiger partial charge in [0, 0.05) is 31.9 Å². The lowest BCUT2D eigenvalue weighted by atomic mass is 10.1. The Labute approximate surface area is 143 Å². The molecule has 1 saturated heterocycles. The standard InChI is InChI=1S/C16H18N4O5/c1-18-8-6-15(17-18)19-7-2-3-14(16(19)22)25-12-4-5-13(20(23)24)11(9-12)10-21/h4-6,8-9,14,21H,2-3,7,10H2,1H3. The van der Waals surface area contributed by atoms with E-state index in [0.717, 1.165) is 6.42 Å². The van der Waals surface area contributed by atoms with Crippen molar-refractivity contribution < 1.29 is 19.6 Å². The topological polar surface area (TPSA) is 111 Å². The first kappa shape index (κ1) is 16.9. The molecule has 2 aromatic rings. The molecule has 1 aliphatic heterocycles. The number of rotatable bonds is 5. The first-order chi connectivity index (χ1) is 12.0. The summed E-state index contributed by atoms with van der Waals surface area (Å²) in [5, 5.41) is 24.5. The molecule has 9 nitrogen and oxygen atoms in total. The highest BCUT2D eigenvalue weighted by Crippen LogP contribution is 2.27. The third-order valence-corrected chi connectivity index (χ3v) is 4.06. The zero-order valence-electron chi connectivity index (χ0n) is 13.7. The lowest BCUT2D eigenvalue weighted by molar-refractivity contribution is -0.385. The molecule has 1 amide bonds. The molecule has 1 aliphatic rings. The highest BCUT2D eigenvalue weighted by Gasteiger charge is 2.32. The Bertz CT molecular complexity index is 804. The van der Waals surface area contributed by atoms with Crippen LogP contribution < -0.4 is 9.64 Å². The zero-order chi connectivity index (χ0) is 18.0. The van der Waals surface area contributed by atoms with Crippen LogP contribution >= 0.6 is 0 Å². The van der Waals surface area contributed by atoms with Crippen LogP contribution in [0.4, 0.5) is 11.5 Å². The summed E-state index contributed by atoms with van der Waals surface area (Å²) in [7, 11) is 1.78. The third-order valence-electron chi connectivity index (χ3n) is 4.06. The van der Waals surface area contributed by atoms with Gasteiger partial charge < -0.3 is 9.84 Å². The van der Waals surface area contributed by atoms with Crippen molar-refractivity contribution in [3.63, 3.8) is 0 Å². The molecular weight excluding hydrogens is 328 g/mol. The predicted molar refractivity (Wildman–Crippen MR) is 88.2 cm³/mol. The van der Waals surface area contributed by atoms with E-state index in [1.165, 1.54) is 18.2 Å². The number of benzene rings is 1. The molecule has 0 radical (unpaired) electrons. The van der Waals surface area contributed by atoms with E-state index in [1.54, 1.807) is 28.9 Å². The van der Waals surface area contributed by atoms with Crippen molar-refractivity contribution in [3.8, 4) is 5.75 Å². The molecule has 0 aliphatic carbocycles. The first-order valence-corrected chi connectivity index (χ1v) is 7.85. The molecule has 2 heterocycles. The Morgan fingerprint density at radius 3 is 2.88 bits per heavy atom. The van der Waals surface area contributed by atoms with Crippen molar-refractivity contribution in [2.45, 2.75) is 25.6 Å². The van der Waals surface area contributed by atoms with Gasteiger partial charge in [0.2, 0.25) is 0 Å². The molecule has 1 fully saturated rings. The number of nitro groups is 1. The van der Waals surface area contributed by atoms with Crippen LogP contribution in [0.1, 0.15) is 18.4 Å². The maximum absolute atomic E-state index is 12.7. The van der Waals surface area contributed by atoms with Crippen LogP contribution in [0.15, 0.2) is 30.5 Å². The van der Waals surface area contributed by atoms with Gasteiger partial charge in [-0.25, -0.2) is 0 Å². The molecule has 0 bridgehead atoms. The number of aryl methyl sites for hydroxylation is 1. The second-order valence-electron chi connectivity index (χ2n) is 5.79. The van der Waals surface area contributed by atoms with Crippen LogP contribution in [-0.2, 0) is 18.4 Å². The van der Waals surface area contributed by atoms with E-state index in [0.29, 0.717) is 24.5 Å². The summed E-state index contributed by atoms with van der Waals surface area (Å²) >= 11 is 0. The van der Waals surface area contributed by atoms with Crippen LogP contribution in [0.25, 0.3) is 0 Å². The highest BCUT2D eigenvalue weighted by molar-refractivity contribution is 5.96. The number of aromatic nitrogens is 2. The number of aliphatic hydroxyl groups is 1. The van der Waals surface area contributed by atoms with E-state index in [1.807, 2.05) is 0 Å². The minimum Gasteiger partial charge on any atom is -0.481 e. The molecule has 0 saturated carbocycles. The number of carbonyl (C=O) groups is 1. The van der Waals surface area contributed by atoms with E-state index in [-0.39, 0.29) is 17.2 Å². The monoisotopic (exact) mass is 346 g/mol. The Morgan fingerprint density at radius 1 is 1.44 bits per heavy atom. The fourth-order valence-electron chi connectivity index (χ4n) is 2.83. The number of anilines is 1. The van der Waals surface area contributed by atoms with Gasteiger partial charge in [-0.15, -0.1) is 0 Å². The highest BCUT2D eigenvalue weighted by atomic mass is 16.6.